The summed E-state index contributed by atoms with van der Waals surface area (Å²) in [6, 6.07) is 25.9. The van der Waals surface area contributed by atoms with E-state index in [2.05, 4.69) is 22.8 Å². The number of hydrogen-bond donors (Lipinski definition) is 0. The molecule has 0 aliphatic rings. The van der Waals surface area contributed by atoms with Gasteiger partial charge in [-0.05, 0) is 29.8 Å². The maximum absolute atomic E-state index is 9.23. The average Bonchev–Trinajstić information content (AvgIpc) is 3.06. The maximum Gasteiger partial charge on any atom is 0.141 e. The molecular weight excluding hydrogens is 322 g/mol. The van der Waals surface area contributed by atoms with Gasteiger partial charge in [0, 0.05) is 18.2 Å². The molecule has 26 heavy (non-hydrogen) atoms. The maximum atomic E-state index is 9.23. The molecule has 3 aromatic carbocycles. The van der Waals surface area contributed by atoms with E-state index in [4.69, 9.17) is 9.72 Å². The van der Waals surface area contributed by atoms with Crippen LogP contribution in [0.3, 0.4) is 0 Å². The lowest BCUT2D eigenvalue weighted by molar-refractivity contribution is 0.415. The molecule has 0 spiro atoms. The SMILES string of the molecule is COc1ccc2nc(-c3cccc(C#N)c3)n(Cc3ccccc3)c2c1. The lowest BCUT2D eigenvalue weighted by atomic mass is 10.1. The van der Waals surface area contributed by atoms with Crippen molar-refractivity contribution in [3.05, 3.63) is 83.9 Å². The lowest BCUT2D eigenvalue weighted by Gasteiger charge is -2.10. The Labute approximate surface area is 151 Å². The molecule has 1 aromatic heterocycles. The zero-order valence-electron chi connectivity index (χ0n) is 14.4. The van der Waals surface area contributed by atoms with Gasteiger partial charge < -0.3 is 9.30 Å². The first-order chi connectivity index (χ1) is 12.8. The van der Waals surface area contributed by atoms with Gasteiger partial charge in [0.25, 0.3) is 0 Å². The molecule has 0 aliphatic heterocycles. The quantitative estimate of drug-likeness (QED) is 0.544. The summed E-state index contributed by atoms with van der Waals surface area (Å²) in [5.41, 5.74) is 4.64. The van der Waals surface area contributed by atoms with Crippen LogP contribution in [0.25, 0.3) is 22.4 Å². The number of imidazole rings is 1. The van der Waals surface area contributed by atoms with Crippen LogP contribution in [0, 0.1) is 11.3 Å². The standard InChI is InChI=1S/C22H17N3O/c1-26-19-10-11-20-21(13-19)25(15-16-6-3-2-4-7-16)22(24-20)18-9-5-8-17(12-18)14-23/h2-13H,15H2,1H3. The summed E-state index contributed by atoms with van der Waals surface area (Å²) >= 11 is 0. The molecular formula is C22H17N3O. The molecule has 0 fully saturated rings. The van der Waals surface area contributed by atoms with Crippen LogP contribution in [-0.4, -0.2) is 16.7 Å². The minimum absolute atomic E-state index is 0.624. The third-order valence-electron chi connectivity index (χ3n) is 4.39. The third-order valence-corrected chi connectivity index (χ3v) is 4.39. The molecule has 0 saturated carbocycles. The number of hydrogen-bond acceptors (Lipinski definition) is 3. The fourth-order valence-corrected chi connectivity index (χ4v) is 3.10. The smallest absolute Gasteiger partial charge is 0.141 e. The van der Waals surface area contributed by atoms with Gasteiger partial charge in [0.05, 0.1) is 29.8 Å². The Morgan fingerprint density at radius 2 is 1.85 bits per heavy atom. The van der Waals surface area contributed by atoms with Gasteiger partial charge in [-0.25, -0.2) is 4.98 Å². The third kappa shape index (κ3) is 2.91. The summed E-state index contributed by atoms with van der Waals surface area (Å²) in [5.74, 6) is 1.64. The lowest BCUT2D eigenvalue weighted by Crippen LogP contribution is -2.02. The number of nitrogens with zero attached hydrogens (tertiary/aromatic N) is 3. The topological polar surface area (TPSA) is 50.8 Å². The number of methoxy groups -OCH3 is 1. The van der Waals surface area contributed by atoms with Crippen molar-refractivity contribution in [1.29, 1.82) is 5.26 Å². The molecule has 0 saturated heterocycles. The summed E-state index contributed by atoms with van der Waals surface area (Å²) in [5, 5.41) is 9.23. The van der Waals surface area contributed by atoms with Crippen molar-refractivity contribution in [2.24, 2.45) is 0 Å². The van der Waals surface area contributed by atoms with Gasteiger partial charge in [0.15, 0.2) is 0 Å². The minimum Gasteiger partial charge on any atom is -0.497 e. The van der Waals surface area contributed by atoms with Crippen molar-refractivity contribution >= 4 is 11.0 Å². The Kier molecular flexibility index (Phi) is 4.12. The predicted octanol–water partition coefficient (Wildman–Crippen LogP) is 4.63. The molecule has 0 bridgehead atoms. The van der Waals surface area contributed by atoms with Gasteiger partial charge in [0.2, 0.25) is 0 Å². The number of rotatable bonds is 4. The first-order valence-corrected chi connectivity index (χ1v) is 8.37. The zero-order valence-corrected chi connectivity index (χ0v) is 14.4. The van der Waals surface area contributed by atoms with E-state index < -0.39 is 0 Å². The number of nitriles is 1. The van der Waals surface area contributed by atoms with Gasteiger partial charge in [-0.3, -0.25) is 0 Å². The highest BCUT2D eigenvalue weighted by Gasteiger charge is 2.14. The summed E-state index contributed by atoms with van der Waals surface area (Å²) in [4.78, 5) is 4.83. The Morgan fingerprint density at radius 1 is 1.00 bits per heavy atom. The van der Waals surface area contributed by atoms with Crippen molar-refractivity contribution in [2.45, 2.75) is 6.54 Å². The second-order valence-electron chi connectivity index (χ2n) is 6.05. The number of fused-ring (bicyclic) bond motifs is 1. The van der Waals surface area contributed by atoms with Crippen molar-refractivity contribution in [3.63, 3.8) is 0 Å². The van der Waals surface area contributed by atoms with Crippen molar-refractivity contribution < 1.29 is 4.74 Å². The predicted molar refractivity (Wildman–Crippen MR) is 102 cm³/mol. The molecule has 4 heteroatoms. The second kappa shape index (κ2) is 6.73. The summed E-state index contributed by atoms with van der Waals surface area (Å²) in [6.45, 7) is 0.691. The molecule has 0 atom stereocenters. The molecule has 126 valence electrons. The van der Waals surface area contributed by atoms with Crippen LogP contribution in [0.15, 0.2) is 72.8 Å². The highest BCUT2D eigenvalue weighted by Crippen LogP contribution is 2.29. The highest BCUT2D eigenvalue weighted by molar-refractivity contribution is 5.82. The minimum atomic E-state index is 0.624. The molecule has 4 nitrogen and oxygen atoms in total. The Balaban J connectivity index is 1.93. The van der Waals surface area contributed by atoms with Crippen LogP contribution >= 0.6 is 0 Å². The Hall–Kier alpha value is -3.58. The van der Waals surface area contributed by atoms with E-state index in [1.165, 1.54) is 5.56 Å². The van der Waals surface area contributed by atoms with Crippen molar-refractivity contribution in [2.75, 3.05) is 7.11 Å². The van der Waals surface area contributed by atoms with E-state index in [9.17, 15) is 5.26 Å². The second-order valence-corrected chi connectivity index (χ2v) is 6.05. The highest BCUT2D eigenvalue weighted by atomic mass is 16.5. The monoisotopic (exact) mass is 339 g/mol. The van der Waals surface area contributed by atoms with Crippen LogP contribution in [0.2, 0.25) is 0 Å². The molecule has 0 unspecified atom stereocenters. The van der Waals surface area contributed by atoms with E-state index in [-0.39, 0.29) is 0 Å². The van der Waals surface area contributed by atoms with Gasteiger partial charge in [0.1, 0.15) is 11.6 Å². The molecule has 0 aliphatic carbocycles. The van der Waals surface area contributed by atoms with Gasteiger partial charge in [-0.1, -0.05) is 42.5 Å². The van der Waals surface area contributed by atoms with Crippen molar-refractivity contribution in [1.82, 2.24) is 9.55 Å². The number of aromatic nitrogens is 2. The van der Waals surface area contributed by atoms with E-state index >= 15 is 0 Å². The van der Waals surface area contributed by atoms with Crippen LogP contribution in [0.1, 0.15) is 11.1 Å². The largest absolute Gasteiger partial charge is 0.497 e. The number of ether oxygens (including phenoxy) is 1. The first-order valence-electron chi connectivity index (χ1n) is 8.37. The van der Waals surface area contributed by atoms with Crippen LogP contribution in [0.4, 0.5) is 0 Å². The Morgan fingerprint density at radius 3 is 2.62 bits per heavy atom. The molecule has 1 heterocycles. The van der Waals surface area contributed by atoms with E-state index in [1.54, 1.807) is 13.2 Å². The van der Waals surface area contributed by atoms with Crippen LogP contribution < -0.4 is 4.74 Å². The first kappa shape index (κ1) is 15.9. The van der Waals surface area contributed by atoms with Crippen LogP contribution in [0.5, 0.6) is 5.75 Å². The summed E-state index contributed by atoms with van der Waals surface area (Å²) < 4.78 is 7.57. The molecule has 4 aromatic rings. The van der Waals surface area contributed by atoms with Gasteiger partial charge in [-0.15, -0.1) is 0 Å². The fraction of sp³-hybridized carbons (Fsp3) is 0.0909. The van der Waals surface area contributed by atoms with E-state index in [1.807, 2.05) is 54.6 Å². The van der Waals surface area contributed by atoms with Crippen LogP contribution in [-0.2, 0) is 6.54 Å². The van der Waals surface area contributed by atoms with Gasteiger partial charge >= 0.3 is 0 Å². The molecule has 4 rings (SSSR count). The zero-order chi connectivity index (χ0) is 17.9. The Bertz CT molecular complexity index is 1110. The van der Waals surface area contributed by atoms with Gasteiger partial charge in [-0.2, -0.15) is 5.26 Å². The summed E-state index contributed by atoms with van der Waals surface area (Å²) in [7, 11) is 1.66. The number of benzene rings is 3. The fourth-order valence-electron chi connectivity index (χ4n) is 3.10. The van der Waals surface area contributed by atoms with E-state index in [0.717, 1.165) is 28.2 Å². The molecule has 0 amide bonds. The van der Waals surface area contributed by atoms with Crippen molar-refractivity contribution in [3.8, 4) is 23.2 Å². The molecule has 0 N–H and O–H groups in total. The normalized spacial score (nSPS) is 10.6. The average molecular weight is 339 g/mol. The summed E-state index contributed by atoms with van der Waals surface area (Å²) in [6.07, 6.45) is 0. The molecule has 0 radical (unpaired) electrons. The van der Waals surface area contributed by atoms with E-state index in [0.29, 0.717) is 12.1 Å².